The Labute approximate surface area is 151 Å². The predicted octanol–water partition coefficient (Wildman–Crippen LogP) is 1.08. The van der Waals surface area contributed by atoms with Crippen LogP contribution in [-0.2, 0) is 29.3 Å². The van der Waals surface area contributed by atoms with Crippen LogP contribution >= 0.6 is 21.6 Å². The summed E-state index contributed by atoms with van der Waals surface area (Å²) >= 11 is 0. The third-order valence-corrected chi connectivity index (χ3v) is 6.50. The topological polar surface area (TPSA) is 131 Å². The van der Waals surface area contributed by atoms with Crippen LogP contribution in [0.15, 0.2) is 29.4 Å². The summed E-state index contributed by atoms with van der Waals surface area (Å²) < 4.78 is 32.0. The van der Waals surface area contributed by atoms with E-state index >= 15 is 0 Å². The van der Waals surface area contributed by atoms with Crippen molar-refractivity contribution in [3.8, 4) is 0 Å². The van der Waals surface area contributed by atoms with Crippen LogP contribution in [0.5, 0.6) is 0 Å². The Balaban J connectivity index is 1.91. The lowest BCUT2D eigenvalue weighted by atomic mass is 10.3. The van der Waals surface area contributed by atoms with Crippen LogP contribution in [0.25, 0.3) is 0 Å². The van der Waals surface area contributed by atoms with Crippen molar-refractivity contribution in [1.29, 1.82) is 0 Å². The molecule has 1 atom stereocenters. The van der Waals surface area contributed by atoms with E-state index in [1.807, 2.05) is 0 Å². The van der Waals surface area contributed by atoms with Crippen molar-refractivity contribution in [1.82, 2.24) is 10.0 Å². The van der Waals surface area contributed by atoms with E-state index in [4.69, 9.17) is 0 Å². The molecule has 1 aromatic rings. The van der Waals surface area contributed by atoms with E-state index in [9.17, 15) is 27.4 Å². The highest BCUT2D eigenvalue weighted by atomic mass is 33.1. The van der Waals surface area contributed by atoms with E-state index in [2.05, 4.69) is 9.82 Å². The van der Waals surface area contributed by atoms with Crippen LogP contribution in [0.4, 0.5) is 0 Å². The number of hydrogen-bond acceptors (Lipinski definition) is 9. The van der Waals surface area contributed by atoms with Gasteiger partial charge >= 0.3 is 5.97 Å². The van der Waals surface area contributed by atoms with Gasteiger partial charge in [0, 0.05) is 24.8 Å². The van der Waals surface area contributed by atoms with Gasteiger partial charge in [-0.25, -0.2) is 9.78 Å². The molecule has 12 heteroatoms. The van der Waals surface area contributed by atoms with Gasteiger partial charge in [0.15, 0.2) is 5.25 Å². The van der Waals surface area contributed by atoms with Crippen molar-refractivity contribution in [3.63, 3.8) is 0 Å². The molecule has 1 saturated heterocycles. The summed E-state index contributed by atoms with van der Waals surface area (Å²) in [6, 6.07) is 5.30. The second-order valence-corrected chi connectivity index (χ2v) is 8.89. The Bertz CT molecular complexity index is 738. The number of rotatable bonds is 8. The molecule has 0 radical (unpaired) electrons. The molecule has 0 saturated carbocycles. The number of carbonyl (C=O) groups excluding carboxylic acids is 3. The zero-order valence-corrected chi connectivity index (χ0v) is 15.2. The molecule has 0 bridgehead atoms. The summed E-state index contributed by atoms with van der Waals surface area (Å²) in [5.41, 5.74) is 0. The fraction of sp³-hybridized carbons (Fsp3) is 0.385. The number of aromatic nitrogens is 1. The summed E-state index contributed by atoms with van der Waals surface area (Å²) in [7, 11) is -2.24. The molecule has 25 heavy (non-hydrogen) atoms. The fourth-order valence-corrected chi connectivity index (χ4v) is 4.67. The Hall–Kier alpha value is -1.63. The van der Waals surface area contributed by atoms with Crippen LogP contribution in [0.2, 0.25) is 0 Å². The molecule has 0 aliphatic carbocycles. The van der Waals surface area contributed by atoms with Crippen LogP contribution in [-0.4, -0.2) is 51.8 Å². The Morgan fingerprint density at radius 2 is 2.00 bits per heavy atom. The lowest BCUT2D eigenvalue weighted by Gasteiger charge is -2.17. The molecule has 1 aliphatic heterocycles. The molecule has 1 N–H and O–H groups in total. The van der Waals surface area contributed by atoms with Gasteiger partial charge in [-0.05, 0) is 29.3 Å². The Morgan fingerprint density at radius 3 is 2.56 bits per heavy atom. The summed E-state index contributed by atoms with van der Waals surface area (Å²) in [5.74, 6) is -2.64. The van der Waals surface area contributed by atoms with Crippen LogP contribution in [0.3, 0.4) is 0 Å². The molecule has 136 valence electrons. The van der Waals surface area contributed by atoms with Gasteiger partial charge in [-0.3, -0.25) is 14.1 Å². The van der Waals surface area contributed by atoms with Crippen molar-refractivity contribution in [2.24, 2.45) is 0 Å². The number of hydrogen-bond donors (Lipinski definition) is 1. The first kappa shape index (κ1) is 19.7. The van der Waals surface area contributed by atoms with E-state index in [1.165, 1.54) is 21.6 Å². The molecule has 0 unspecified atom stereocenters. The second-order valence-electron chi connectivity index (χ2n) is 4.86. The summed E-state index contributed by atoms with van der Waals surface area (Å²) in [4.78, 5) is 43.4. The van der Waals surface area contributed by atoms with Gasteiger partial charge in [-0.15, -0.1) is 5.06 Å². The first-order chi connectivity index (χ1) is 11.8. The van der Waals surface area contributed by atoms with Gasteiger partial charge < -0.3 is 4.84 Å². The second kappa shape index (κ2) is 8.65. The molecule has 1 aliphatic rings. The molecule has 2 rings (SSSR count). The molecule has 0 aromatic carbocycles. The summed E-state index contributed by atoms with van der Waals surface area (Å²) in [6.45, 7) is 0. The molecular formula is C13H14N2O7S3. The van der Waals surface area contributed by atoms with Crippen molar-refractivity contribution >= 4 is 49.5 Å². The molecule has 1 aromatic heterocycles. The van der Waals surface area contributed by atoms with Gasteiger partial charge in [0.25, 0.3) is 21.9 Å². The fourth-order valence-electron chi connectivity index (χ4n) is 1.85. The molecule has 0 spiro atoms. The highest BCUT2D eigenvalue weighted by Gasteiger charge is 2.39. The Kier molecular flexibility index (Phi) is 6.81. The van der Waals surface area contributed by atoms with E-state index < -0.39 is 33.2 Å². The molecule has 1 fully saturated rings. The minimum absolute atomic E-state index is 0.112. The van der Waals surface area contributed by atoms with E-state index in [0.717, 1.165) is 0 Å². The van der Waals surface area contributed by atoms with Crippen LogP contribution in [0, 0.1) is 0 Å². The van der Waals surface area contributed by atoms with Crippen molar-refractivity contribution in [2.45, 2.75) is 29.5 Å². The standard InChI is InChI=1S/C13H14N2O7S3/c16-11-4-5-12(17)15(11)22-13(18)9(25(19,20)21)6-8-23-24-10-3-1-2-7-14-10/h1-3,7,9H,4-6,8H2,(H,19,20,21)/t9-/m1/s1. The van der Waals surface area contributed by atoms with Gasteiger partial charge in [-0.1, -0.05) is 16.9 Å². The summed E-state index contributed by atoms with van der Waals surface area (Å²) in [5, 5.41) is -0.937. The molecule has 9 nitrogen and oxygen atoms in total. The average molecular weight is 406 g/mol. The first-order valence-electron chi connectivity index (χ1n) is 7.03. The smallest absolute Gasteiger partial charge is 0.329 e. The molecule has 2 heterocycles. The largest absolute Gasteiger partial charge is 0.353 e. The minimum Gasteiger partial charge on any atom is -0.329 e. The normalized spacial score (nSPS) is 16.1. The summed E-state index contributed by atoms with van der Waals surface area (Å²) in [6.07, 6.45) is 1.13. The lowest BCUT2D eigenvalue weighted by Crippen LogP contribution is -2.39. The molecular weight excluding hydrogens is 392 g/mol. The lowest BCUT2D eigenvalue weighted by molar-refractivity contribution is -0.197. The maximum absolute atomic E-state index is 12.0. The SMILES string of the molecule is O=C(ON1C(=O)CCC1=O)[C@@H](CCSSc1ccccn1)S(=O)(=O)O. The third kappa shape index (κ3) is 5.70. The van der Waals surface area contributed by atoms with E-state index in [1.54, 1.807) is 24.4 Å². The average Bonchev–Trinajstić information content (AvgIpc) is 2.86. The number of amides is 2. The minimum atomic E-state index is -4.75. The maximum atomic E-state index is 12.0. The van der Waals surface area contributed by atoms with Gasteiger partial charge in [0.05, 0.1) is 0 Å². The maximum Gasteiger partial charge on any atom is 0.353 e. The number of imide groups is 1. The van der Waals surface area contributed by atoms with E-state index in [-0.39, 0.29) is 30.1 Å². The van der Waals surface area contributed by atoms with Gasteiger partial charge in [0.2, 0.25) is 0 Å². The van der Waals surface area contributed by atoms with Gasteiger partial charge in [-0.2, -0.15) is 8.42 Å². The highest BCUT2D eigenvalue weighted by Crippen LogP contribution is 2.30. The zero-order valence-electron chi connectivity index (χ0n) is 12.7. The van der Waals surface area contributed by atoms with Crippen molar-refractivity contribution < 1.29 is 32.2 Å². The monoisotopic (exact) mass is 406 g/mol. The zero-order chi connectivity index (χ0) is 18.4. The number of pyridine rings is 1. The van der Waals surface area contributed by atoms with Crippen LogP contribution < -0.4 is 0 Å². The predicted molar refractivity (Wildman–Crippen MR) is 89.7 cm³/mol. The quantitative estimate of drug-likeness (QED) is 0.289. The van der Waals surface area contributed by atoms with E-state index in [0.29, 0.717) is 5.03 Å². The Morgan fingerprint density at radius 1 is 1.32 bits per heavy atom. The van der Waals surface area contributed by atoms with Crippen molar-refractivity contribution in [2.75, 3.05) is 5.75 Å². The van der Waals surface area contributed by atoms with Gasteiger partial charge in [0.1, 0.15) is 5.03 Å². The van der Waals surface area contributed by atoms with Crippen molar-refractivity contribution in [3.05, 3.63) is 24.4 Å². The van der Waals surface area contributed by atoms with Crippen LogP contribution in [0.1, 0.15) is 19.3 Å². The third-order valence-electron chi connectivity index (χ3n) is 3.05. The number of carbonyl (C=O) groups is 3. The number of nitrogens with zero attached hydrogens (tertiary/aromatic N) is 2. The highest BCUT2D eigenvalue weighted by molar-refractivity contribution is 8.76. The first-order valence-corrected chi connectivity index (χ1v) is 10.9. The molecule has 2 amide bonds. The number of hydroxylamine groups is 2.